The Labute approximate surface area is 201 Å². The van der Waals surface area contributed by atoms with Gasteiger partial charge in [-0.2, -0.15) is 5.10 Å². The Morgan fingerprint density at radius 1 is 1.06 bits per heavy atom. The van der Waals surface area contributed by atoms with Crippen molar-refractivity contribution in [2.45, 2.75) is 51.2 Å². The van der Waals surface area contributed by atoms with Crippen molar-refractivity contribution in [2.75, 3.05) is 6.61 Å². The van der Waals surface area contributed by atoms with Crippen molar-refractivity contribution in [1.29, 1.82) is 0 Å². The minimum Gasteiger partial charge on any atom is -0.373 e. The van der Waals surface area contributed by atoms with Crippen LogP contribution in [0.15, 0.2) is 43.0 Å². The van der Waals surface area contributed by atoms with Gasteiger partial charge in [-0.3, -0.25) is 4.68 Å². The highest BCUT2D eigenvalue weighted by Gasteiger charge is 2.26. The number of ether oxygens (including phenoxy) is 1. The highest BCUT2D eigenvalue weighted by Crippen LogP contribution is 2.36. The molecule has 9 heteroatoms. The molecular weight excluding hydrogens is 460 g/mol. The summed E-state index contributed by atoms with van der Waals surface area (Å²) >= 11 is 5.55. The largest absolute Gasteiger partial charge is 0.373 e. The Morgan fingerprint density at radius 2 is 1.91 bits per heavy atom. The minimum absolute atomic E-state index is 0.0324. The molecule has 1 aromatic carbocycles. The van der Waals surface area contributed by atoms with Crippen LogP contribution in [0.4, 0.5) is 8.78 Å². The van der Waals surface area contributed by atoms with Gasteiger partial charge in [0.2, 0.25) is 0 Å². The van der Waals surface area contributed by atoms with Crippen LogP contribution >= 0.6 is 11.6 Å². The fourth-order valence-electron chi connectivity index (χ4n) is 4.02. The number of aryl methyl sites for hydroxylation is 1. The van der Waals surface area contributed by atoms with Crippen LogP contribution in [0.5, 0.6) is 0 Å². The van der Waals surface area contributed by atoms with Gasteiger partial charge in [0, 0.05) is 35.0 Å². The van der Waals surface area contributed by atoms with Crippen molar-refractivity contribution in [3.63, 3.8) is 0 Å². The van der Waals surface area contributed by atoms with Gasteiger partial charge in [0.1, 0.15) is 18.0 Å². The van der Waals surface area contributed by atoms with E-state index in [0.29, 0.717) is 23.2 Å². The molecule has 34 heavy (non-hydrogen) atoms. The third kappa shape index (κ3) is 4.93. The van der Waals surface area contributed by atoms with E-state index in [4.69, 9.17) is 16.3 Å². The molecule has 0 radical (unpaired) electrons. The van der Waals surface area contributed by atoms with Crippen molar-refractivity contribution in [1.82, 2.24) is 24.7 Å². The summed E-state index contributed by atoms with van der Waals surface area (Å²) in [6.07, 6.45) is 12.0. The molecule has 1 saturated carbocycles. The molecule has 4 heterocycles. The van der Waals surface area contributed by atoms with Gasteiger partial charge in [-0.25, -0.2) is 23.7 Å². The van der Waals surface area contributed by atoms with Crippen molar-refractivity contribution in [3.8, 4) is 11.3 Å². The number of halogens is 3. The Hall–Kier alpha value is -2.97. The van der Waals surface area contributed by atoms with Crippen molar-refractivity contribution in [3.05, 3.63) is 70.9 Å². The van der Waals surface area contributed by atoms with Crippen LogP contribution in [-0.2, 0) is 4.74 Å². The van der Waals surface area contributed by atoms with E-state index in [1.54, 1.807) is 12.1 Å². The molecule has 2 fully saturated rings. The Kier molecular flexibility index (Phi) is 6.52. The van der Waals surface area contributed by atoms with Crippen LogP contribution in [-0.4, -0.2) is 31.3 Å². The van der Waals surface area contributed by atoms with Gasteiger partial charge in [0.25, 0.3) is 0 Å². The fraction of sp³-hybridized carbons (Fsp3) is 0.360. The smallest absolute Gasteiger partial charge is 0.163 e. The Balaban J connectivity index is 0.000000150. The zero-order valence-electron chi connectivity index (χ0n) is 18.7. The summed E-state index contributed by atoms with van der Waals surface area (Å²) in [5, 5.41) is 4.68. The number of pyridine rings is 1. The summed E-state index contributed by atoms with van der Waals surface area (Å²) < 4.78 is 35.4. The van der Waals surface area contributed by atoms with Crippen LogP contribution in [0.3, 0.4) is 0 Å². The summed E-state index contributed by atoms with van der Waals surface area (Å²) in [6, 6.07) is 6.15. The maximum absolute atomic E-state index is 14.0. The van der Waals surface area contributed by atoms with E-state index in [9.17, 15) is 8.78 Å². The van der Waals surface area contributed by atoms with E-state index in [1.807, 2.05) is 13.1 Å². The predicted octanol–water partition coefficient (Wildman–Crippen LogP) is 6.39. The molecule has 6 nitrogen and oxygen atoms in total. The van der Waals surface area contributed by atoms with Gasteiger partial charge < -0.3 is 4.74 Å². The van der Waals surface area contributed by atoms with E-state index >= 15 is 0 Å². The quantitative estimate of drug-likeness (QED) is 0.316. The number of hydrogen-bond acceptors (Lipinski definition) is 5. The summed E-state index contributed by atoms with van der Waals surface area (Å²) in [5.74, 6) is -1.34. The zero-order valence-corrected chi connectivity index (χ0v) is 19.5. The second kappa shape index (κ2) is 9.72. The molecule has 0 N–H and O–H groups in total. The minimum atomic E-state index is -0.699. The number of hydrogen-bond donors (Lipinski definition) is 0. The number of nitrogens with zero attached hydrogens (tertiary/aromatic N) is 5. The summed E-state index contributed by atoms with van der Waals surface area (Å²) in [7, 11) is 0. The van der Waals surface area contributed by atoms with Gasteiger partial charge in [-0.1, -0.05) is 11.6 Å². The molecule has 3 aromatic heterocycles. The molecule has 0 spiro atoms. The topological polar surface area (TPSA) is 65.7 Å². The first-order valence-corrected chi connectivity index (χ1v) is 11.8. The van der Waals surface area contributed by atoms with E-state index in [-0.39, 0.29) is 16.3 Å². The first kappa shape index (κ1) is 22.8. The van der Waals surface area contributed by atoms with E-state index < -0.39 is 11.6 Å². The summed E-state index contributed by atoms with van der Waals surface area (Å²) in [4.78, 5) is 12.3. The molecule has 0 amide bonds. The summed E-state index contributed by atoms with van der Waals surface area (Å²) in [5.41, 5.74) is 2.81. The highest BCUT2D eigenvalue weighted by molar-refractivity contribution is 6.30. The second-order valence-electron chi connectivity index (χ2n) is 8.63. The average molecular weight is 484 g/mol. The van der Waals surface area contributed by atoms with Gasteiger partial charge in [-0.15, -0.1) is 0 Å². The molecule has 6 rings (SSSR count). The van der Waals surface area contributed by atoms with E-state index in [2.05, 4.69) is 30.9 Å². The van der Waals surface area contributed by atoms with Gasteiger partial charge >= 0.3 is 0 Å². The van der Waals surface area contributed by atoms with Crippen LogP contribution in [0, 0.1) is 18.6 Å². The number of aromatic nitrogens is 5. The van der Waals surface area contributed by atoms with Crippen LogP contribution < -0.4 is 0 Å². The molecule has 1 saturated heterocycles. The molecule has 1 aliphatic carbocycles. The monoisotopic (exact) mass is 483 g/mol. The lowest BCUT2D eigenvalue weighted by molar-refractivity contribution is 0.0149. The maximum Gasteiger partial charge on any atom is 0.163 e. The van der Waals surface area contributed by atoms with Gasteiger partial charge in [0.15, 0.2) is 5.65 Å². The van der Waals surface area contributed by atoms with Crippen LogP contribution in [0.25, 0.3) is 22.3 Å². The molecule has 176 valence electrons. The van der Waals surface area contributed by atoms with Gasteiger partial charge in [0.05, 0.1) is 29.1 Å². The van der Waals surface area contributed by atoms with E-state index in [0.717, 1.165) is 30.9 Å². The maximum atomic E-state index is 14.0. The fourth-order valence-corrected chi connectivity index (χ4v) is 4.17. The molecule has 2 aliphatic rings. The lowest BCUT2D eigenvalue weighted by Gasteiger charge is -2.21. The second-order valence-corrected chi connectivity index (χ2v) is 9.04. The van der Waals surface area contributed by atoms with Crippen molar-refractivity contribution >= 4 is 22.6 Å². The lowest BCUT2D eigenvalue weighted by Crippen LogP contribution is -2.10. The molecular formula is C25H24ClF2N5O. The SMILES string of the molecule is Cc1ccc2c(-c3cc(F)c(Cl)cc3F)ncnc2n1.c1nn(C2CC2)cc1C1CCCCO1. The standard InChI is InChI=1S/C14H8ClF2N3.C11H16N2O/c1-7-2-3-8-13(18-6-19-14(8)20-7)9-4-12(17)10(15)5-11(9)16;1-2-6-14-11(3-1)9-7-12-13(8-9)10-4-5-10/h2-6H,1H3;7-8,10-11H,1-6H2. The third-order valence-corrected chi connectivity index (χ3v) is 6.29. The Morgan fingerprint density at radius 3 is 2.68 bits per heavy atom. The van der Waals surface area contributed by atoms with Crippen molar-refractivity contribution in [2.24, 2.45) is 0 Å². The molecule has 0 bridgehead atoms. The first-order chi connectivity index (χ1) is 16.5. The number of benzene rings is 1. The predicted molar refractivity (Wildman–Crippen MR) is 125 cm³/mol. The van der Waals surface area contributed by atoms with E-state index in [1.165, 1.54) is 37.6 Å². The van der Waals surface area contributed by atoms with Crippen molar-refractivity contribution < 1.29 is 13.5 Å². The zero-order chi connectivity index (χ0) is 23.7. The van der Waals surface area contributed by atoms with Crippen LogP contribution in [0.1, 0.15) is 55.5 Å². The third-order valence-electron chi connectivity index (χ3n) is 6.00. The molecule has 4 aromatic rings. The first-order valence-electron chi connectivity index (χ1n) is 11.4. The lowest BCUT2D eigenvalue weighted by atomic mass is 10.0. The van der Waals surface area contributed by atoms with Crippen LogP contribution in [0.2, 0.25) is 5.02 Å². The number of rotatable bonds is 3. The number of fused-ring (bicyclic) bond motifs is 1. The molecule has 1 unspecified atom stereocenters. The van der Waals surface area contributed by atoms with Gasteiger partial charge in [-0.05, 0) is 63.3 Å². The Bertz CT molecular complexity index is 1320. The average Bonchev–Trinajstić information content (AvgIpc) is 3.58. The molecule has 1 aliphatic heterocycles. The molecule has 1 atom stereocenters. The summed E-state index contributed by atoms with van der Waals surface area (Å²) in [6.45, 7) is 2.74. The normalized spacial score (nSPS) is 17.9. The highest BCUT2D eigenvalue weighted by atomic mass is 35.5.